The van der Waals surface area contributed by atoms with E-state index in [1.807, 2.05) is 6.07 Å². The monoisotopic (exact) mass is 353 g/mol. The zero-order valence-corrected chi connectivity index (χ0v) is 14.7. The molecule has 4 saturated carbocycles. The van der Waals surface area contributed by atoms with Gasteiger partial charge in [0.15, 0.2) is 0 Å². The predicted octanol–water partition coefficient (Wildman–Crippen LogP) is 4.86. The number of carbonyl (C=O) groups is 1. The highest BCUT2D eigenvalue weighted by Crippen LogP contribution is 2.64. The molecule has 124 valence electrons. The Bertz CT molecular complexity index is 646. The number of carbonyl (C=O) groups excluding carboxylic acids is 1. The fourth-order valence-corrected chi connectivity index (χ4v) is 6.37. The van der Waals surface area contributed by atoms with E-state index in [-0.39, 0.29) is 16.2 Å². The fraction of sp³-hybridized carbons (Fsp3) is 0.611. The van der Waals surface area contributed by atoms with Crippen LogP contribution >= 0.6 is 23.2 Å². The molecule has 3 nitrogen and oxygen atoms in total. The Morgan fingerprint density at radius 1 is 1.26 bits per heavy atom. The summed E-state index contributed by atoms with van der Waals surface area (Å²) in [6, 6.07) is 5.36. The van der Waals surface area contributed by atoms with Gasteiger partial charge in [0, 0.05) is 10.6 Å². The molecule has 1 N–H and O–H groups in total. The number of amides is 1. The highest BCUT2D eigenvalue weighted by molar-refractivity contribution is 6.32. The molecule has 1 aromatic carbocycles. The molecule has 0 aromatic heterocycles. The second kappa shape index (κ2) is 5.29. The average Bonchev–Trinajstić information content (AvgIpc) is 2.44. The first-order chi connectivity index (χ1) is 10.9. The predicted molar refractivity (Wildman–Crippen MR) is 92.3 cm³/mol. The molecule has 1 aromatic rings. The van der Waals surface area contributed by atoms with Gasteiger partial charge in [-0.25, -0.2) is 0 Å². The topological polar surface area (TPSA) is 38.3 Å². The third-order valence-corrected chi connectivity index (χ3v) is 6.62. The second-order valence-corrected chi connectivity index (χ2v) is 8.90. The van der Waals surface area contributed by atoms with Gasteiger partial charge in [-0.05, 0) is 68.6 Å². The van der Waals surface area contributed by atoms with E-state index in [2.05, 4.69) is 5.32 Å². The summed E-state index contributed by atoms with van der Waals surface area (Å²) in [5.74, 6) is 1.94. The van der Waals surface area contributed by atoms with Crippen molar-refractivity contribution in [3.63, 3.8) is 0 Å². The van der Waals surface area contributed by atoms with Crippen LogP contribution < -0.4 is 10.1 Å². The number of rotatable bonds is 3. The quantitative estimate of drug-likeness (QED) is 0.787. The second-order valence-electron chi connectivity index (χ2n) is 7.70. The van der Waals surface area contributed by atoms with E-state index >= 15 is 0 Å². The summed E-state index contributed by atoms with van der Waals surface area (Å²) in [6.45, 7) is 0. The molecular weight excluding hydrogens is 333 g/mol. The molecule has 4 bridgehead atoms. The number of halogens is 2. The Labute approximate surface area is 146 Å². The maximum atomic E-state index is 13.0. The van der Waals surface area contributed by atoms with Gasteiger partial charge in [0.05, 0.1) is 17.5 Å². The molecule has 23 heavy (non-hydrogen) atoms. The van der Waals surface area contributed by atoms with E-state index in [0.29, 0.717) is 22.6 Å². The van der Waals surface area contributed by atoms with E-state index in [1.54, 1.807) is 19.2 Å². The first kappa shape index (κ1) is 15.6. The number of hydrogen-bond donors (Lipinski definition) is 1. The highest BCUT2D eigenvalue weighted by atomic mass is 35.5. The van der Waals surface area contributed by atoms with E-state index in [0.717, 1.165) is 37.8 Å². The van der Waals surface area contributed by atoms with Crippen LogP contribution in [0.25, 0.3) is 0 Å². The first-order valence-electron chi connectivity index (χ1n) is 8.25. The summed E-state index contributed by atoms with van der Waals surface area (Å²) >= 11 is 13.0. The van der Waals surface area contributed by atoms with Gasteiger partial charge in [0.25, 0.3) is 0 Å². The van der Waals surface area contributed by atoms with Crippen molar-refractivity contribution < 1.29 is 9.53 Å². The van der Waals surface area contributed by atoms with Crippen LogP contribution in [0.2, 0.25) is 5.02 Å². The van der Waals surface area contributed by atoms with Gasteiger partial charge in [-0.3, -0.25) is 4.79 Å². The lowest BCUT2D eigenvalue weighted by atomic mass is 9.49. The largest absolute Gasteiger partial charge is 0.495 e. The summed E-state index contributed by atoms with van der Waals surface area (Å²) in [4.78, 5) is 12.9. The van der Waals surface area contributed by atoms with E-state index < -0.39 is 0 Å². The molecular formula is C18H21Cl2NO2. The van der Waals surface area contributed by atoms with E-state index in [9.17, 15) is 4.79 Å². The fourth-order valence-electron chi connectivity index (χ4n) is 5.42. The van der Waals surface area contributed by atoms with Gasteiger partial charge in [-0.15, -0.1) is 11.6 Å². The van der Waals surface area contributed by atoms with Crippen LogP contribution in [0.5, 0.6) is 5.75 Å². The Hall–Kier alpha value is -0.930. The lowest BCUT2D eigenvalue weighted by Crippen LogP contribution is -2.57. The van der Waals surface area contributed by atoms with Crippen LogP contribution in [0.4, 0.5) is 5.69 Å². The van der Waals surface area contributed by atoms with Crippen molar-refractivity contribution in [1.29, 1.82) is 0 Å². The first-order valence-corrected chi connectivity index (χ1v) is 9.01. The number of hydrogen-bond acceptors (Lipinski definition) is 2. The summed E-state index contributed by atoms with van der Waals surface area (Å²) in [5, 5.41) is 3.58. The van der Waals surface area contributed by atoms with E-state index in [4.69, 9.17) is 27.9 Å². The molecule has 1 amide bonds. The Morgan fingerprint density at radius 2 is 1.96 bits per heavy atom. The molecule has 4 atom stereocenters. The van der Waals surface area contributed by atoms with Crippen molar-refractivity contribution in [2.24, 2.45) is 17.3 Å². The Morgan fingerprint density at radius 3 is 2.52 bits per heavy atom. The molecule has 2 unspecified atom stereocenters. The average molecular weight is 354 g/mol. The molecule has 0 heterocycles. The van der Waals surface area contributed by atoms with Crippen LogP contribution in [0.1, 0.15) is 38.5 Å². The Kier molecular flexibility index (Phi) is 3.58. The SMILES string of the molecule is COc1ccc(NC(=O)C23C[C@@H]4C[C@@H](CC(Cl)(C4)C2)C3)cc1Cl. The van der Waals surface area contributed by atoms with Gasteiger partial charge in [-0.2, -0.15) is 0 Å². The summed E-state index contributed by atoms with van der Waals surface area (Å²) in [7, 11) is 1.58. The zero-order chi connectivity index (χ0) is 16.2. The number of benzene rings is 1. The van der Waals surface area contributed by atoms with Gasteiger partial charge < -0.3 is 10.1 Å². The van der Waals surface area contributed by atoms with Crippen molar-refractivity contribution in [2.45, 2.75) is 43.4 Å². The van der Waals surface area contributed by atoms with Crippen molar-refractivity contribution in [1.82, 2.24) is 0 Å². The summed E-state index contributed by atoms with van der Waals surface area (Å²) < 4.78 is 5.16. The van der Waals surface area contributed by atoms with Gasteiger partial charge in [-0.1, -0.05) is 11.6 Å². The number of anilines is 1. The molecule has 0 spiro atoms. The number of ether oxygens (including phenoxy) is 1. The molecule has 0 radical (unpaired) electrons. The summed E-state index contributed by atoms with van der Waals surface area (Å²) in [5.41, 5.74) is 0.429. The van der Waals surface area contributed by atoms with Gasteiger partial charge in [0.1, 0.15) is 5.75 Å². The molecule has 4 aliphatic carbocycles. The minimum absolute atomic E-state index is 0.109. The van der Waals surface area contributed by atoms with Crippen molar-refractivity contribution in [2.75, 3.05) is 12.4 Å². The maximum Gasteiger partial charge on any atom is 0.230 e. The Balaban J connectivity index is 1.56. The molecule has 4 aliphatic rings. The minimum Gasteiger partial charge on any atom is -0.495 e. The minimum atomic E-state index is -0.293. The van der Waals surface area contributed by atoms with Crippen LogP contribution in [-0.4, -0.2) is 17.9 Å². The molecule has 5 rings (SSSR count). The molecule has 0 saturated heterocycles. The molecule has 4 fully saturated rings. The van der Waals surface area contributed by atoms with Crippen LogP contribution in [0, 0.1) is 17.3 Å². The number of alkyl halides is 1. The smallest absolute Gasteiger partial charge is 0.230 e. The lowest BCUT2D eigenvalue weighted by molar-refractivity contribution is -0.138. The van der Waals surface area contributed by atoms with Crippen LogP contribution in [0.15, 0.2) is 18.2 Å². The standard InChI is InChI=1S/C18H21Cl2NO2/c1-23-15-3-2-13(5-14(15)19)21-16(22)17-6-11-4-12(7-17)9-18(20,8-11)10-17/h2-3,5,11-12H,4,6-10H2,1H3,(H,21,22)/t11-,12+,17?,18?. The van der Waals surface area contributed by atoms with Crippen molar-refractivity contribution >= 4 is 34.8 Å². The highest BCUT2D eigenvalue weighted by Gasteiger charge is 2.60. The summed E-state index contributed by atoms with van der Waals surface area (Å²) in [6.07, 6.45) is 6.17. The third kappa shape index (κ3) is 2.62. The molecule has 5 heteroatoms. The third-order valence-electron chi connectivity index (χ3n) is 5.88. The van der Waals surface area contributed by atoms with E-state index in [1.165, 1.54) is 6.42 Å². The van der Waals surface area contributed by atoms with Crippen molar-refractivity contribution in [3.8, 4) is 5.75 Å². The normalized spacial score (nSPS) is 37.7. The maximum absolute atomic E-state index is 13.0. The van der Waals surface area contributed by atoms with Crippen LogP contribution in [0.3, 0.4) is 0 Å². The number of methoxy groups -OCH3 is 1. The number of nitrogens with one attached hydrogen (secondary N) is 1. The van der Waals surface area contributed by atoms with Gasteiger partial charge in [0.2, 0.25) is 5.91 Å². The molecule has 0 aliphatic heterocycles. The lowest BCUT2D eigenvalue weighted by Gasteiger charge is -2.59. The van der Waals surface area contributed by atoms with Gasteiger partial charge >= 0.3 is 0 Å². The zero-order valence-electron chi connectivity index (χ0n) is 13.2. The van der Waals surface area contributed by atoms with Crippen molar-refractivity contribution in [3.05, 3.63) is 23.2 Å². The van der Waals surface area contributed by atoms with Crippen LogP contribution in [-0.2, 0) is 4.79 Å².